The molecule has 8 nitrogen and oxygen atoms in total. The molecule has 0 unspecified atom stereocenters. The smallest absolute Gasteiger partial charge is 0.339 e. The van der Waals surface area contributed by atoms with Crippen LogP contribution in [0.15, 0.2) is 71.6 Å². The summed E-state index contributed by atoms with van der Waals surface area (Å²) in [6.07, 6.45) is 0. The molecule has 0 aliphatic rings. The van der Waals surface area contributed by atoms with Crippen LogP contribution < -0.4 is 14.8 Å². The molecule has 0 aliphatic carbocycles. The van der Waals surface area contributed by atoms with E-state index in [0.717, 1.165) is 0 Å². The van der Waals surface area contributed by atoms with Crippen molar-refractivity contribution in [3.8, 4) is 5.75 Å². The van der Waals surface area contributed by atoms with Crippen LogP contribution in [-0.4, -0.2) is 34.0 Å². The molecule has 0 bridgehead atoms. The molecule has 0 radical (unpaired) electrons. The number of ether oxygens (including phenoxy) is 2. The zero-order chi connectivity index (χ0) is 24.0. The summed E-state index contributed by atoms with van der Waals surface area (Å²) in [7, 11) is -2.65. The highest BCUT2D eigenvalue weighted by molar-refractivity contribution is 7.92. The number of rotatable bonds is 8. The molecule has 11 heteroatoms. The van der Waals surface area contributed by atoms with E-state index in [1.54, 1.807) is 18.2 Å². The Hall–Kier alpha value is -3.27. The molecule has 0 atom stereocenters. The fraction of sp³-hybridized carbons (Fsp3) is 0.0909. The van der Waals surface area contributed by atoms with E-state index in [2.05, 4.69) is 14.8 Å². The molecule has 3 rings (SSSR count). The predicted octanol–water partition coefficient (Wildman–Crippen LogP) is 4.60. The zero-order valence-electron chi connectivity index (χ0n) is 17.2. The number of anilines is 2. The van der Waals surface area contributed by atoms with E-state index in [4.69, 9.17) is 27.9 Å². The molecule has 0 aromatic heterocycles. The number of halogens is 2. The van der Waals surface area contributed by atoms with Crippen LogP contribution >= 0.6 is 23.2 Å². The summed E-state index contributed by atoms with van der Waals surface area (Å²) in [5, 5.41) is 3.15. The minimum Gasteiger partial charge on any atom is -0.484 e. The Labute approximate surface area is 200 Å². The molecule has 3 aromatic carbocycles. The molecule has 2 N–H and O–H groups in total. The Morgan fingerprint density at radius 1 is 0.939 bits per heavy atom. The molecular weight excluding hydrogens is 491 g/mol. The Morgan fingerprint density at radius 3 is 2.21 bits per heavy atom. The second-order valence-corrected chi connectivity index (χ2v) is 9.16. The Kier molecular flexibility index (Phi) is 7.80. The van der Waals surface area contributed by atoms with E-state index >= 15 is 0 Å². The first-order valence-electron chi connectivity index (χ1n) is 9.37. The lowest BCUT2D eigenvalue weighted by atomic mass is 10.2. The number of nitrogens with one attached hydrogen (secondary N) is 2. The van der Waals surface area contributed by atoms with Crippen LogP contribution in [0.4, 0.5) is 11.4 Å². The third-order valence-corrected chi connectivity index (χ3v) is 6.06. The lowest BCUT2D eigenvalue weighted by molar-refractivity contribution is -0.118. The maximum atomic E-state index is 12.6. The number of para-hydroxylation sites is 1. The van der Waals surface area contributed by atoms with Gasteiger partial charge in [-0.25, -0.2) is 13.2 Å². The van der Waals surface area contributed by atoms with Crippen molar-refractivity contribution in [1.29, 1.82) is 0 Å². The maximum Gasteiger partial charge on any atom is 0.339 e. The number of methoxy groups -OCH3 is 1. The fourth-order valence-corrected chi connectivity index (χ4v) is 4.32. The third-order valence-electron chi connectivity index (χ3n) is 4.23. The second-order valence-electron chi connectivity index (χ2n) is 6.61. The van der Waals surface area contributed by atoms with Crippen molar-refractivity contribution in [3.05, 3.63) is 82.3 Å². The SMILES string of the molecule is COC(=O)c1ccccc1NC(=O)COc1ccc(S(=O)(=O)Nc2cc(Cl)cc(Cl)c2)cc1. The minimum atomic E-state index is -3.90. The second kappa shape index (κ2) is 10.6. The van der Waals surface area contributed by atoms with Gasteiger partial charge in [-0.05, 0) is 54.6 Å². The Bertz CT molecular complexity index is 1260. The summed E-state index contributed by atoms with van der Waals surface area (Å²) >= 11 is 11.8. The van der Waals surface area contributed by atoms with Gasteiger partial charge >= 0.3 is 5.97 Å². The van der Waals surface area contributed by atoms with E-state index in [1.807, 2.05) is 0 Å². The summed E-state index contributed by atoms with van der Waals surface area (Å²) < 4.78 is 37.6. The number of hydrogen-bond donors (Lipinski definition) is 2. The maximum absolute atomic E-state index is 12.6. The van der Waals surface area contributed by atoms with E-state index in [0.29, 0.717) is 0 Å². The average Bonchev–Trinajstić information content (AvgIpc) is 2.77. The number of benzene rings is 3. The van der Waals surface area contributed by atoms with Crippen molar-refractivity contribution in [3.63, 3.8) is 0 Å². The number of carbonyl (C=O) groups excluding carboxylic acids is 2. The number of hydrogen-bond acceptors (Lipinski definition) is 6. The van der Waals surface area contributed by atoms with E-state index in [-0.39, 0.29) is 44.2 Å². The topological polar surface area (TPSA) is 111 Å². The molecule has 172 valence electrons. The van der Waals surface area contributed by atoms with Crippen LogP contribution in [-0.2, 0) is 19.6 Å². The van der Waals surface area contributed by atoms with Gasteiger partial charge < -0.3 is 14.8 Å². The molecule has 0 aliphatic heterocycles. The Balaban J connectivity index is 1.62. The Morgan fingerprint density at radius 2 is 1.58 bits per heavy atom. The van der Waals surface area contributed by atoms with Gasteiger partial charge in [0.05, 0.1) is 28.9 Å². The number of amides is 1. The first-order chi connectivity index (χ1) is 15.7. The molecule has 0 saturated carbocycles. The van der Waals surface area contributed by atoms with Gasteiger partial charge in [-0.1, -0.05) is 35.3 Å². The number of sulfonamides is 1. The van der Waals surface area contributed by atoms with Crippen LogP contribution in [0.5, 0.6) is 5.75 Å². The van der Waals surface area contributed by atoms with Crippen molar-refractivity contribution < 1.29 is 27.5 Å². The van der Waals surface area contributed by atoms with Crippen LogP contribution in [0, 0.1) is 0 Å². The van der Waals surface area contributed by atoms with Crippen LogP contribution in [0.3, 0.4) is 0 Å². The van der Waals surface area contributed by atoms with E-state index in [1.165, 1.54) is 55.6 Å². The lowest BCUT2D eigenvalue weighted by Crippen LogP contribution is -2.21. The molecular formula is C22H18Cl2N2O6S. The van der Waals surface area contributed by atoms with E-state index < -0.39 is 21.9 Å². The summed E-state index contributed by atoms with van der Waals surface area (Å²) in [5.41, 5.74) is 0.708. The monoisotopic (exact) mass is 508 g/mol. The molecule has 0 saturated heterocycles. The highest BCUT2D eigenvalue weighted by atomic mass is 35.5. The van der Waals surface area contributed by atoms with Crippen molar-refractivity contribution in [1.82, 2.24) is 0 Å². The van der Waals surface area contributed by atoms with Gasteiger partial charge in [0.15, 0.2) is 6.61 Å². The highest BCUT2D eigenvalue weighted by Crippen LogP contribution is 2.25. The van der Waals surface area contributed by atoms with Crippen molar-refractivity contribution in [2.45, 2.75) is 4.90 Å². The van der Waals surface area contributed by atoms with Gasteiger partial charge in [-0.2, -0.15) is 0 Å². The number of carbonyl (C=O) groups is 2. The third kappa shape index (κ3) is 6.61. The van der Waals surface area contributed by atoms with Gasteiger partial charge in [0, 0.05) is 10.0 Å². The van der Waals surface area contributed by atoms with Crippen LogP contribution in [0.2, 0.25) is 10.0 Å². The van der Waals surface area contributed by atoms with E-state index in [9.17, 15) is 18.0 Å². The summed E-state index contributed by atoms with van der Waals surface area (Å²) in [4.78, 5) is 24.0. The number of esters is 1. The van der Waals surface area contributed by atoms with Gasteiger partial charge in [-0.3, -0.25) is 9.52 Å². The minimum absolute atomic E-state index is 0.0256. The summed E-state index contributed by atoms with van der Waals surface area (Å²) in [6, 6.07) is 16.2. The highest BCUT2D eigenvalue weighted by Gasteiger charge is 2.16. The lowest BCUT2D eigenvalue weighted by Gasteiger charge is -2.11. The first kappa shape index (κ1) is 24.4. The average molecular weight is 509 g/mol. The molecule has 1 amide bonds. The van der Waals surface area contributed by atoms with Crippen LogP contribution in [0.25, 0.3) is 0 Å². The normalized spacial score (nSPS) is 10.9. The van der Waals surface area contributed by atoms with Gasteiger partial charge in [0.2, 0.25) is 0 Å². The molecule has 33 heavy (non-hydrogen) atoms. The zero-order valence-corrected chi connectivity index (χ0v) is 19.5. The molecule has 0 fully saturated rings. The van der Waals surface area contributed by atoms with Gasteiger partial charge in [0.25, 0.3) is 15.9 Å². The standard InChI is InChI=1S/C22H18Cl2N2O6S/c1-31-22(28)19-4-2-3-5-20(19)25-21(27)13-32-17-6-8-18(9-7-17)33(29,30)26-16-11-14(23)10-15(24)12-16/h2-12,26H,13H2,1H3,(H,25,27). The predicted molar refractivity (Wildman–Crippen MR) is 126 cm³/mol. The fourth-order valence-electron chi connectivity index (χ4n) is 2.76. The van der Waals surface area contributed by atoms with Crippen molar-refractivity contribution in [2.24, 2.45) is 0 Å². The largest absolute Gasteiger partial charge is 0.484 e. The van der Waals surface area contributed by atoms with Gasteiger partial charge in [-0.15, -0.1) is 0 Å². The molecule has 0 heterocycles. The quantitative estimate of drug-likeness (QED) is 0.430. The molecule has 0 spiro atoms. The first-order valence-corrected chi connectivity index (χ1v) is 11.6. The van der Waals surface area contributed by atoms with Gasteiger partial charge in [0.1, 0.15) is 5.75 Å². The van der Waals surface area contributed by atoms with Crippen LogP contribution in [0.1, 0.15) is 10.4 Å². The van der Waals surface area contributed by atoms with Crippen molar-refractivity contribution in [2.75, 3.05) is 23.8 Å². The van der Waals surface area contributed by atoms with Crippen molar-refractivity contribution >= 4 is 56.5 Å². The summed E-state index contributed by atoms with van der Waals surface area (Å²) in [5.74, 6) is -0.823. The summed E-state index contributed by atoms with van der Waals surface area (Å²) in [6.45, 7) is -0.360. The molecule has 3 aromatic rings.